The van der Waals surface area contributed by atoms with E-state index in [9.17, 15) is 4.79 Å². The lowest BCUT2D eigenvalue weighted by Crippen LogP contribution is -2.31. The largest absolute Gasteiger partial charge is 0.344 e. The average Bonchev–Trinajstić information content (AvgIpc) is 3.56. The van der Waals surface area contributed by atoms with E-state index in [1.54, 1.807) is 0 Å². The highest BCUT2D eigenvalue weighted by Crippen LogP contribution is 2.24. The van der Waals surface area contributed by atoms with Crippen LogP contribution in [0.25, 0.3) is 22.0 Å². The van der Waals surface area contributed by atoms with Gasteiger partial charge in [0.1, 0.15) is 11.0 Å². The van der Waals surface area contributed by atoms with E-state index in [0.29, 0.717) is 18.1 Å². The zero-order valence-corrected chi connectivity index (χ0v) is 19.1. The minimum atomic E-state index is -0.452. The number of aromatic nitrogens is 3. The van der Waals surface area contributed by atoms with Crippen LogP contribution in [0.2, 0.25) is 0 Å². The highest BCUT2D eigenvalue weighted by molar-refractivity contribution is 7.13. The SMILES string of the molecule is O=C(Cc1csc(-c2ccccc2)n1)N[C@H](Cc1ccccc1)c1nc(-c2ccccc2)no1. The van der Waals surface area contributed by atoms with Gasteiger partial charge in [0.2, 0.25) is 17.6 Å². The molecule has 0 saturated heterocycles. The van der Waals surface area contributed by atoms with Crippen molar-refractivity contribution in [2.45, 2.75) is 18.9 Å². The number of rotatable bonds is 8. The normalized spacial score (nSPS) is 11.8. The van der Waals surface area contributed by atoms with E-state index in [0.717, 1.165) is 27.4 Å². The number of hydrogen-bond acceptors (Lipinski definition) is 6. The van der Waals surface area contributed by atoms with Crippen LogP contribution in [-0.2, 0) is 17.6 Å². The van der Waals surface area contributed by atoms with E-state index < -0.39 is 6.04 Å². The topological polar surface area (TPSA) is 80.9 Å². The summed E-state index contributed by atoms with van der Waals surface area (Å²) in [5.74, 6) is 0.722. The summed E-state index contributed by atoms with van der Waals surface area (Å²) >= 11 is 1.53. The fourth-order valence-corrected chi connectivity index (χ4v) is 4.47. The van der Waals surface area contributed by atoms with Crippen molar-refractivity contribution in [3.8, 4) is 22.0 Å². The Bertz CT molecular complexity index is 1350. The van der Waals surface area contributed by atoms with Gasteiger partial charge < -0.3 is 9.84 Å². The summed E-state index contributed by atoms with van der Waals surface area (Å²) in [5, 5.41) is 10.0. The molecule has 5 aromatic rings. The highest BCUT2D eigenvalue weighted by atomic mass is 32.1. The van der Waals surface area contributed by atoms with Crippen LogP contribution < -0.4 is 5.32 Å². The Hall–Kier alpha value is -4.10. The summed E-state index contributed by atoms with van der Waals surface area (Å²) in [6.45, 7) is 0. The van der Waals surface area contributed by atoms with E-state index in [4.69, 9.17) is 4.52 Å². The van der Waals surface area contributed by atoms with Crippen molar-refractivity contribution in [3.63, 3.8) is 0 Å². The third kappa shape index (κ3) is 5.27. The molecule has 0 unspecified atom stereocenters. The summed E-state index contributed by atoms with van der Waals surface area (Å²) in [6, 6.07) is 29.1. The summed E-state index contributed by atoms with van der Waals surface area (Å²) < 4.78 is 5.58. The number of nitrogens with one attached hydrogen (secondary N) is 1. The summed E-state index contributed by atoms with van der Waals surface area (Å²) in [7, 11) is 0. The molecule has 0 bridgehead atoms. The standard InChI is InChI=1S/C27H22N4O2S/c32-24(17-22-18-34-27(28-22)21-14-8-3-9-15-21)29-23(16-19-10-4-1-5-11-19)26-30-25(31-33-26)20-12-6-2-7-13-20/h1-15,18,23H,16-17H2,(H,29,32)/t23-/m1/s1. The molecule has 6 nitrogen and oxygen atoms in total. The van der Waals surface area contributed by atoms with Gasteiger partial charge in [-0.1, -0.05) is 96.2 Å². The molecule has 34 heavy (non-hydrogen) atoms. The Morgan fingerprint density at radius 1 is 0.853 bits per heavy atom. The molecule has 168 valence electrons. The third-order valence-electron chi connectivity index (χ3n) is 5.30. The maximum atomic E-state index is 13.0. The van der Waals surface area contributed by atoms with Crippen LogP contribution in [0.4, 0.5) is 0 Å². The molecular weight excluding hydrogens is 444 g/mol. The number of hydrogen-bond donors (Lipinski definition) is 1. The molecule has 0 fully saturated rings. The quantitative estimate of drug-likeness (QED) is 0.326. The van der Waals surface area contributed by atoms with Gasteiger partial charge in [-0.05, 0) is 5.56 Å². The number of nitrogens with zero attached hydrogens (tertiary/aromatic N) is 3. The van der Waals surface area contributed by atoms with Crippen molar-refractivity contribution < 1.29 is 9.32 Å². The first-order valence-corrected chi connectivity index (χ1v) is 11.8. The van der Waals surface area contributed by atoms with Crippen LogP contribution >= 0.6 is 11.3 Å². The van der Waals surface area contributed by atoms with Gasteiger partial charge in [0.15, 0.2) is 0 Å². The lowest BCUT2D eigenvalue weighted by atomic mass is 10.1. The Balaban J connectivity index is 1.33. The molecule has 0 aliphatic carbocycles. The fourth-order valence-electron chi connectivity index (χ4n) is 3.64. The monoisotopic (exact) mass is 466 g/mol. The molecule has 1 atom stereocenters. The van der Waals surface area contributed by atoms with Gasteiger partial charge >= 0.3 is 0 Å². The molecule has 3 aromatic carbocycles. The molecular formula is C27H22N4O2S. The lowest BCUT2D eigenvalue weighted by Gasteiger charge is -2.15. The second-order valence-corrected chi connectivity index (χ2v) is 8.68. The summed E-state index contributed by atoms with van der Waals surface area (Å²) in [5.41, 5.74) is 3.70. The first kappa shape index (κ1) is 21.7. The van der Waals surface area contributed by atoms with Crippen LogP contribution in [0.1, 0.15) is 23.2 Å². The van der Waals surface area contributed by atoms with Gasteiger partial charge in [-0.3, -0.25) is 4.79 Å². The molecule has 0 radical (unpaired) electrons. The Morgan fingerprint density at radius 2 is 1.50 bits per heavy atom. The van der Waals surface area contributed by atoms with Gasteiger partial charge in [0, 0.05) is 22.9 Å². The molecule has 1 N–H and O–H groups in total. The molecule has 2 aromatic heterocycles. The molecule has 5 rings (SSSR count). The van der Waals surface area contributed by atoms with Crippen LogP contribution in [0, 0.1) is 0 Å². The average molecular weight is 467 g/mol. The van der Waals surface area contributed by atoms with E-state index in [-0.39, 0.29) is 12.3 Å². The van der Waals surface area contributed by atoms with Gasteiger partial charge in [-0.2, -0.15) is 4.98 Å². The molecule has 1 amide bonds. The van der Waals surface area contributed by atoms with Crippen LogP contribution in [0.3, 0.4) is 0 Å². The Kier molecular flexibility index (Phi) is 6.54. The molecule has 0 saturated carbocycles. The van der Waals surface area contributed by atoms with E-state index in [2.05, 4.69) is 20.4 Å². The zero-order chi connectivity index (χ0) is 23.2. The minimum Gasteiger partial charge on any atom is -0.344 e. The van der Waals surface area contributed by atoms with Gasteiger partial charge in [-0.15, -0.1) is 11.3 Å². The van der Waals surface area contributed by atoms with Crippen molar-refractivity contribution in [3.05, 3.63) is 114 Å². The molecule has 0 spiro atoms. The number of thiazole rings is 1. The third-order valence-corrected chi connectivity index (χ3v) is 6.24. The minimum absolute atomic E-state index is 0.148. The number of amides is 1. The highest BCUT2D eigenvalue weighted by Gasteiger charge is 2.23. The number of carbonyl (C=O) groups excluding carboxylic acids is 1. The van der Waals surface area contributed by atoms with Gasteiger partial charge in [0.25, 0.3) is 0 Å². The van der Waals surface area contributed by atoms with Crippen molar-refractivity contribution >= 4 is 17.2 Å². The summed E-state index contributed by atoms with van der Waals surface area (Å²) in [4.78, 5) is 22.2. The molecule has 0 aliphatic heterocycles. The predicted octanol–water partition coefficient (Wildman–Crippen LogP) is 5.50. The predicted molar refractivity (Wildman–Crippen MR) is 132 cm³/mol. The summed E-state index contributed by atoms with van der Waals surface area (Å²) in [6.07, 6.45) is 0.712. The van der Waals surface area contributed by atoms with Gasteiger partial charge in [0.05, 0.1) is 12.1 Å². The van der Waals surface area contributed by atoms with Crippen LogP contribution in [-0.4, -0.2) is 21.0 Å². The van der Waals surface area contributed by atoms with Crippen LogP contribution in [0.15, 0.2) is 101 Å². The zero-order valence-electron chi connectivity index (χ0n) is 18.3. The Labute approximate surface area is 201 Å². The molecule has 0 aliphatic rings. The Morgan fingerprint density at radius 3 is 2.21 bits per heavy atom. The lowest BCUT2D eigenvalue weighted by molar-refractivity contribution is -0.121. The first-order chi connectivity index (χ1) is 16.7. The second-order valence-electron chi connectivity index (χ2n) is 7.82. The first-order valence-electron chi connectivity index (χ1n) is 11.0. The fraction of sp³-hybridized carbons (Fsp3) is 0.111. The van der Waals surface area contributed by atoms with Crippen molar-refractivity contribution in [2.75, 3.05) is 0 Å². The maximum Gasteiger partial charge on any atom is 0.249 e. The second kappa shape index (κ2) is 10.2. The van der Waals surface area contributed by atoms with Crippen LogP contribution in [0.5, 0.6) is 0 Å². The number of carbonyl (C=O) groups is 1. The van der Waals surface area contributed by atoms with E-state index >= 15 is 0 Å². The molecule has 7 heteroatoms. The smallest absolute Gasteiger partial charge is 0.249 e. The van der Waals surface area contributed by atoms with E-state index in [1.165, 1.54) is 11.3 Å². The number of benzene rings is 3. The van der Waals surface area contributed by atoms with Crippen molar-refractivity contribution in [1.29, 1.82) is 0 Å². The van der Waals surface area contributed by atoms with Gasteiger partial charge in [-0.25, -0.2) is 4.98 Å². The molecule has 2 heterocycles. The van der Waals surface area contributed by atoms with Crippen molar-refractivity contribution in [2.24, 2.45) is 0 Å². The van der Waals surface area contributed by atoms with E-state index in [1.807, 2.05) is 96.4 Å². The van der Waals surface area contributed by atoms with Crippen molar-refractivity contribution in [1.82, 2.24) is 20.4 Å². The maximum absolute atomic E-state index is 13.0.